The number of aryl methyl sites for hydroxylation is 2. The average Bonchev–Trinajstić information content (AvgIpc) is 3.40. The molecular formula is C24H21N5O3S. The van der Waals surface area contributed by atoms with E-state index in [0.717, 1.165) is 26.7 Å². The van der Waals surface area contributed by atoms with Gasteiger partial charge in [0.1, 0.15) is 0 Å². The van der Waals surface area contributed by atoms with Crippen molar-refractivity contribution in [2.75, 3.05) is 5.32 Å². The normalized spacial score (nSPS) is 11.4. The number of hydrogen-bond acceptors (Lipinski definition) is 5. The summed E-state index contributed by atoms with van der Waals surface area (Å²) >= 11 is 1.35. The van der Waals surface area contributed by atoms with Gasteiger partial charge in [0.25, 0.3) is 5.56 Å². The lowest BCUT2D eigenvalue weighted by atomic mass is 10.1. The largest absolute Gasteiger partial charge is 0.350 e. The lowest BCUT2D eigenvalue weighted by Gasteiger charge is -2.10. The van der Waals surface area contributed by atoms with Crippen molar-refractivity contribution < 1.29 is 4.79 Å². The summed E-state index contributed by atoms with van der Waals surface area (Å²) in [4.78, 5) is 42.4. The standard InChI is InChI=1S/C24H21N5O3S/c1-27-12-16(15-8-4-5-9-18(15)27)17-13-33-23(25-17)26-20(30)11-14-7-6-10-19-21(14)22(31)29(3)24(32)28(19)2/h4-10,12-13H,11H2,1-3H3,(H,25,26,30). The molecule has 0 atom stereocenters. The number of nitrogens with zero attached hydrogens (tertiary/aromatic N) is 4. The van der Waals surface area contributed by atoms with Gasteiger partial charge in [-0.3, -0.25) is 18.7 Å². The van der Waals surface area contributed by atoms with E-state index < -0.39 is 11.2 Å². The molecule has 9 heteroatoms. The van der Waals surface area contributed by atoms with Crippen LogP contribution in [0.3, 0.4) is 0 Å². The Morgan fingerprint density at radius 3 is 2.58 bits per heavy atom. The smallest absolute Gasteiger partial charge is 0.330 e. The third kappa shape index (κ3) is 3.46. The van der Waals surface area contributed by atoms with Crippen LogP contribution in [-0.4, -0.2) is 24.6 Å². The summed E-state index contributed by atoms with van der Waals surface area (Å²) in [5.74, 6) is -0.280. The highest BCUT2D eigenvalue weighted by molar-refractivity contribution is 7.14. The number of fused-ring (bicyclic) bond motifs is 2. The molecule has 0 aliphatic rings. The van der Waals surface area contributed by atoms with Gasteiger partial charge in [-0.15, -0.1) is 11.3 Å². The number of anilines is 1. The fraction of sp³-hybridized carbons (Fsp3) is 0.167. The summed E-state index contributed by atoms with van der Waals surface area (Å²) in [6.07, 6.45) is 2.02. The van der Waals surface area contributed by atoms with Gasteiger partial charge >= 0.3 is 5.69 Å². The summed E-state index contributed by atoms with van der Waals surface area (Å²) < 4.78 is 4.52. The van der Waals surface area contributed by atoms with Crippen LogP contribution < -0.4 is 16.6 Å². The predicted molar refractivity (Wildman–Crippen MR) is 131 cm³/mol. The highest BCUT2D eigenvalue weighted by Crippen LogP contribution is 2.32. The summed E-state index contributed by atoms with van der Waals surface area (Å²) in [7, 11) is 5.04. The highest BCUT2D eigenvalue weighted by atomic mass is 32.1. The molecule has 0 aliphatic heterocycles. The van der Waals surface area contributed by atoms with Gasteiger partial charge in [0.2, 0.25) is 5.91 Å². The van der Waals surface area contributed by atoms with Crippen LogP contribution in [0.4, 0.5) is 5.13 Å². The predicted octanol–water partition coefficient (Wildman–Crippen LogP) is 3.03. The van der Waals surface area contributed by atoms with Crippen LogP contribution in [0.25, 0.3) is 33.1 Å². The topological polar surface area (TPSA) is 90.9 Å². The number of hydrogen-bond donors (Lipinski definition) is 1. The minimum absolute atomic E-state index is 0.00599. The number of benzene rings is 2. The molecule has 0 saturated heterocycles. The Morgan fingerprint density at radius 2 is 1.76 bits per heavy atom. The molecule has 3 aromatic heterocycles. The number of rotatable bonds is 4. The van der Waals surface area contributed by atoms with E-state index in [9.17, 15) is 14.4 Å². The number of aromatic nitrogens is 4. The fourth-order valence-electron chi connectivity index (χ4n) is 4.18. The zero-order valence-electron chi connectivity index (χ0n) is 18.3. The molecular weight excluding hydrogens is 438 g/mol. The Balaban J connectivity index is 1.43. The van der Waals surface area contributed by atoms with Crippen molar-refractivity contribution in [2.24, 2.45) is 21.1 Å². The number of nitrogens with one attached hydrogen (secondary N) is 1. The van der Waals surface area contributed by atoms with E-state index >= 15 is 0 Å². The molecule has 0 unspecified atom stereocenters. The van der Waals surface area contributed by atoms with E-state index in [-0.39, 0.29) is 12.3 Å². The Kier molecular flexibility index (Phi) is 4.98. The second kappa shape index (κ2) is 7.86. The van der Waals surface area contributed by atoms with Crippen molar-refractivity contribution in [3.8, 4) is 11.3 Å². The first kappa shape index (κ1) is 20.9. The van der Waals surface area contributed by atoms with Crippen LogP contribution in [-0.2, 0) is 32.4 Å². The van der Waals surface area contributed by atoms with E-state index in [1.54, 1.807) is 25.2 Å². The molecule has 1 N–H and O–H groups in total. The Hall–Kier alpha value is -3.98. The van der Waals surface area contributed by atoms with Crippen LogP contribution in [0.1, 0.15) is 5.56 Å². The summed E-state index contributed by atoms with van der Waals surface area (Å²) in [6.45, 7) is 0. The van der Waals surface area contributed by atoms with Gasteiger partial charge in [0.05, 0.1) is 23.0 Å². The molecule has 2 aromatic carbocycles. The molecule has 1 amide bonds. The van der Waals surface area contributed by atoms with E-state index in [1.165, 1.54) is 23.0 Å². The van der Waals surface area contributed by atoms with Gasteiger partial charge in [-0.25, -0.2) is 9.78 Å². The van der Waals surface area contributed by atoms with Crippen molar-refractivity contribution in [3.05, 3.63) is 80.4 Å². The molecule has 0 radical (unpaired) electrons. The van der Waals surface area contributed by atoms with E-state index in [1.807, 2.05) is 30.8 Å². The molecule has 166 valence electrons. The Morgan fingerprint density at radius 1 is 1.00 bits per heavy atom. The maximum atomic E-state index is 12.8. The van der Waals surface area contributed by atoms with Gasteiger partial charge in [0.15, 0.2) is 5.13 Å². The second-order valence-electron chi connectivity index (χ2n) is 7.95. The first-order valence-corrected chi connectivity index (χ1v) is 11.2. The quantitative estimate of drug-likeness (QED) is 0.447. The van der Waals surface area contributed by atoms with Crippen LogP contribution >= 0.6 is 11.3 Å². The van der Waals surface area contributed by atoms with Gasteiger partial charge in [-0.2, -0.15) is 0 Å². The van der Waals surface area contributed by atoms with Crippen molar-refractivity contribution in [3.63, 3.8) is 0 Å². The summed E-state index contributed by atoms with van der Waals surface area (Å²) in [5.41, 5.74) is 3.15. The molecule has 0 fully saturated rings. The van der Waals surface area contributed by atoms with Crippen LogP contribution in [0, 0.1) is 0 Å². The molecule has 3 heterocycles. The SMILES string of the molecule is Cn1c(=O)c2c(CC(=O)Nc3nc(-c4cn(C)c5ccccc45)cs3)cccc2n(C)c1=O. The molecule has 0 saturated carbocycles. The van der Waals surface area contributed by atoms with Crippen LogP contribution in [0.15, 0.2) is 63.6 Å². The number of carbonyl (C=O) groups excluding carboxylic acids is 1. The minimum atomic E-state index is -0.413. The maximum Gasteiger partial charge on any atom is 0.330 e. The van der Waals surface area contributed by atoms with Gasteiger partial charge < -0.3 is 9.88 Å². The lowest BCUT2D eigenvalue weighted by Crippen LogP contribution is -2.37. The maximum absolute atomic E-state index is 12.8. The summed E-state index contributed by atoms with van der Waals surface area (Å²) in [6, 6.07) is 13.3. The number of carbonyl (C=O) groups is 1. The Bertz CT molecular complexity index is 1670. The van der Waals surface area contributed by atoms with E-state index in [4.69, 9.17) is 0 Å². The molecule has 0 aliphatic carbocycles. The third-order valence-electron chi connectivity index (χ3n) is 5.86. The van der Waals surface area contributed by atoms with Crippen molar-refractivity contribution >= 4 is 44.2 Å². The third-order valence-corrected chi connectivity index (χ3v) is 6.61. The zero-order chi connectivity index (χ0) is 23.3. The molecule has 8 nitrogen and oxygen atoms in total. The van der Waals surface area contributed by atoms with Crippen molar-refractivity contribution in [1.29, 1.82) is 0 Å². The first-order valence-electron chi connectivity index (χ1n) is 10.3. The minimum Gasteiger partial charge on any atom is -0.350 e. The fourth-order valence-corrected chi connectivity index (χ4v) is 4.91. The van der Waals surface area contributed by atoms with Gasteiger partial charge in [0, 0.05) is 49.2 Å². The zero-order valence-corrected chi connectivity index (χ0v) is 19.1. The van der Waals surface area contributed by atoms with E-state index in [2.05, 4.69) is 27.0 Å². The Labute approximate surface area is 192 Å². The lowest BCUT2D eigenvalue weighted by molar-refractivity contribution is -0.115. The molecule has 33 heavy (non-hydrogen) atoms. The number of para-hydroxylation sites is 1. The van der Waals surface area contributed by atoms with Crippen molar-refractivity contribution in [2.45, 2.75) is 6.42 Å². The first-order chi connectivity index (χ1) is 15.8. The molecule has 5 rings (SSSR count). The monoisotopic (exact) mass is 459 g/mol. The molecule has 0 bridgehead atoms. The van der Waals surface area contributed by atoms with Crippen LogP contribution in [0.5, 0.6) is 0 Å². The molecule has 5 aromatic rings. The van der Waals surface area contributed by atoms with Gasteiger partial charge in [-0.05, 0) is 17.7 Å². The number of amides is 1. The number of thiazole rings is 1. The van der Waals surface area contributed by atoms with Crippen molar-refractivity contribution in [1.82, 2.24) is 18.7 Å². The summed E-state index contributed by atoms with van der Waals surface area (Å²) in [5, 5.41) is 6.72. The van der Waals surface area contributed by atoms with Crippen LogP contribution in [0.2, 0.25) is 0 Å². The van der Waals surface area contributed by atoms with E-state index in [0.29, 0.717) is 21.6 Å². The molecule has 0 spiro atoms. The average molecular weight is 460 g/mol. The van der Waals surface area contributed by atoms with Gasteiger partial charge in [-0.1, -0.05) is 30.3 Å². The second-order valence-corrected chi connectivity index (χ2v) is 8.81. The highest BCUT2D eigenvalue weighted by Gasteiger charge is 2.16.